The quantitative estimate of drug-likeness (QED) is 0.100. The molecule has 0 aliphatic carbocycles. The summed E-state index contributed by atoms with van der Waals surface area (Å²) in [6, 6.07) is 0. The van der Waals surface area contributed by atoms with Crippen molar-refractivity contribution in [1.82, 2.24) is 0 Å². The van der Waals surface area contributed by atoms with Crippen molar-refractivity contribution in [3.63, 3.8) is 0 Å². The SMILES string of the molecule is CCCCCCCCCCCOCCOCCCC(=O)OCCCCCCCCCC. The molecule has 0 N–H and O–H groups in total. The number of ether oxygens (including phenoxy) is 3. The van der Waals surface area contributed by atoms with Crippen LogP contribution in [-0.2, 0) is 19.0 Å². The Bertz CT molecular complexity index is 346. The minimum atomic E-state index is -0.0897. The molecule has 4 heteroatoms. The third kappa shape index (κ3) is 27.4. The van der Waals surface area contributed by atoms with E-state index < -0.39 is 0 Å². The van der Waals surface area contributed by atoms with Crippen molar-refractivity contribution in [2.24, 2.45) is 0 Å². The van der Waals surface area contributed by atoms with Gasteiger partial charge in [0.05, 0.1) is 19.8 Å². The van der Waals surface area contributed by atoms with Crippen LogP contribution in [0.15, 0.2) is 0 Å². The van der Waals surface area contributed by atoms with Crippen LogP contribution in [0, 0.1) is 0 Å². The van der Waals surface area contributed by atoms with E-state index in [1.54, 1.807) is 0 Å². The Balaban J connectivity index is 3.12. The van der Waals surface area contributed by atoms with Crippen LogP contribution in [0.5, 0.6) is 0 Å². The minimum absolute atomic E-state index is 0.0897. The Kier molecular flexibility index (Phi) is 26.9. The summed E-state index contributed by atoms with van der Waals surface area (Å²) in [5.74, 6) is -0.0897. The maximum atomic E-state index is 11.7. The fourth-order valence-corrected chi connectivity index (χ4v) is 3.65. The van der Waals surface area contributed by atoms with Gasteiger partial charge in [-0.25, -0.2) is 0 Å². The van der Waals surface area contributed by atoms with Crippen molar-refractivity contribution in [2.75, 3.05) is 33.0 Å². The predicted octanol–water partition coefficient (Wildman–Crippen LogP) is 8.01. The van der Waals surface area contributed by atoms with Crippen LogP contribution in [-0.4, -0.2) is 39.0 Å². The summed E-state index contributed by atoms with van der Waals surface area (Å²) in [7, 11) is 0. The van der Waals surface area contributed by atoms with E-state index in [1.165, 1.54) is 96.3 Å². The highest BCUT2D eigenvalue weighted by Crippen LogP contribution is 2.10. The molecule has 31 heavy (non-hydrogen) atoms. The van der Waals surface area contributed by atoms with Gasteiger partial charge in [0.2, 0.25) is 0 Å². The first-order chi connectivity index (χ1) is 15.3. The van der Waals surface area contributed by atoms with Crippen LogP contribution in [0.4, 0.5) is 0 Å². The average molecular weight is 443 g/mol. The van der Waals surface area contributed by atoms with Crippen LogP contribution in [0.3, 0.4) is 0 Å². The zero-order valence-electron chi connectivity index (χ0n) is 21.1. The monoisotopic (exact) mass is 442 g/mol. The van der Waals surface area contributed by atoms with Gasteiger partial charge in [-0.05, 0) is 19.3 Å². The molecule has 0 saturated carbocycles. The smallest absolute Gasteiger partial charge is 0.305 e. The van der Waals surface area contributed by atoms with E-state index in [0.717, 1.165) is 25.9 Å². The van der Waals surface area contributed by atoms with Crippen molar-refractivity contribution >= 4 is 5.97 Å². The fraction of sp³-hybridized carbons (Fsp3) is 0.963. The molecule has 4 nitrogen and oxygen atoms in total. The molecule has 0 aliphatic rings. The van der Waals surface area contributed by atoms with E-state index in [0.29, 0.717) is 32.8 Å². The highest BCUT2D eigenvalue weighted by atomic mass is 16.5. The number of carbonyl (C=O) groups excluding carboxylic acids is 1. The van der Waals surface area contributed by atoms with Gasteiger partial charge in [0.25, 0.3) is 0 Å². The van der Waals surface area contributed by atoms with Crippen LogP contribution in [0.2, 0.25) is 0 Å². The summed E-state index contributed by atoms with van der Waals surface area (Å²) in [5, 5.41) is 0. The molecule has 0 amide bonds. The molecule has 0 aromatic rings. The van der Waals surface area contributed by atoms with Crippen LogP contribution in [0.25, 0.3) is 0 Å². The van der Waals surface area contributed by atoms with Crippen molar-refractivity contribution < 1.29 is 19.0 Å². The molecule has 186 valence electrons. The summed E-state index contributed by atoms with van der Waals surface area (Å²) in [4.78, 5) is 11.7. The second-order valence-electron chi connectivity index (χ2n) is 8.85. The third-order valence-corrected chi connectivity index (χ3v) is 5.69. The molecule has 0 aromatic carbocycles. The number of unbranched alkanes of at least 4 members (excludes halogenated alkanes) is 15. The first-order valence-electron chi connectivity index (χ1n) is 13.6. The summed E-state index contributed by atoms with van der Waals surface area (Å²) >= 11 is 0. The van der Waals surface area contributed by atoms with Crippen molar-refractivity contribution in [3.8, 4) is 0 Å². The summed E-state index contributed by atoms with van der Waals surface area (Å²) in [6.45, 7) is 7.79. The summed E-state index contributed by atoms with van der Waals surface area (Å²) in [6.07, 6.45) is 23.3. The van der Waals surface area contributed by atoms with E-state index in [1.807, 2.05) is 0 Å². The molecule has 0 atom stereocenters. The maximum absolute atomic E-state index is 11.7. The Labute approximate surface area is 194 Å². The molecule has 0 rings (SSSR count). The van der Waals surface area contributed by atoms with E-state index in [2.05, 4.69) is 13.8 Å². The number of carbonyl (C=O) groups is 1. The number of hydrogen-bond acceptors (Lipinski definition) is 4. The van der Waals surface area contributed by atoms with Gasteiger partial charge in [-0.2, -0.15) is 0 Å². The first kappa shape index (κ1) is 30.4. The lowest BCUT2D eigenvalue weighted by Gasteiger charge is -2.07. The molecule has 0 unspecified atom stereocenters. The first-order valence-corrected chi connectivity index (χ1v) is 13.6. The Morgan fingerprint density at radius 2 is 0.839 bits per heavy atom. The molecule has 0 bridgehead atoms. The molecule has 0 spiro atoms. The zero-order chi connectivity index (χ0) is 22.7. The number of hydrogen-bond donors (Lipinski definition) is 0. The van der Waals surface area contributed by atoms with Crippen molar-refractivity contribution in [3.05, 3.63) is 0 Å². The molecule has 0 fully saturated rings. The normalized spacial score (nSPS) is 11.2. The number of esters is 1. The van der Waals surface area contributed by atoms with Gasteiger partial charge in [-0.1, -0.05) is 110 Å². The maximum Gasteiger partial charge on any atom is 0.305 e. The van der Waals surface area contributed by atoms with E-state index in [4.69, 9.17) is 14.2 Å². The average Bonchev–Trinajstić information content (AvgIpc) is 2.77. The second-order valence-corrected chi connectivity index (χ2v) is 8.85. The van der Waals surface area contributed by atoms with E-state index in [-0.39, 0.29) is 5.97 Å². The lowest BCUT2D eigenvalue weighted by Crippen LogP contribution is -2.09. The number of rotatable bonds is 26. The lowest BCUT2D eigenvalue weighted by atomic mass is 10.1. The lowest BCUT2D eigenvalue weighted by molar-refractivity contribution is -0.144. The van der Waals surface area contributed by atoms with Gasteiger partial charge in [0.1, 0.15) is 0 Å². The Morgan fingerprint density at radius 3 is 1.32 bits per heavy atom. The van der Waals surface area contributed by atoms with Gasteiger partial charge >= 0.3 is 5.97 Å². The largest absolute Gasteiger partial charge is 0.466 e. The molecular formula is C27H54O4. The van der Waals surface area contributed by atoms with Gasteiger partial charge in [0, 0.05) is 19.6 Å². The Morgan fingerprint density at radius 1 is 0.452 bits per heavy atom. The molecule has 0 aliphatic heterocycles. The second kappa shape index (κ2) is 27.4. The highest BCUT2D eigenvalue weighted by molar-refractivity contribution is 5.69. The van der Waals surface area contributed by atoms with E-state index in [9.17, 15) is 4.79 Å². The zero-order valence-corrected chi connectivity index (χ0v) is 21.1. The fourth-order valence-electron chi connectivity index (χ4n) is 3.65. The molecular weight excluding hydrogens is 388 g/mol. The van der Waals surface area contributed by atoms with Gasteiger partial charge in [0.15, 0.2) is 0 Å². The summed E-state index contributed by atoms with van der Waals surface area (Å²) in [5.41, 5.74) is 0. The van der Waals surface area contributed by atoms with Crippen LogP contribution in [0.1, 0.15) is 136 Å². The van der Waals surface area contributed by atoms with Gasteiger partial charge in [-0.3, -0.25) is 4.79 Å². The predicted molar refractivity (Wildman–Crippen MR) is 132 cm³/mol. The van der Waals surface area contributed by atoms with Gasteiger partial charge in [-0.15, -0.1) is 0 Å². The van der Waals surface area contributed by atoms with Crippen molar-refractivity contribution in [2.45, 2.75) is 136 Å². The molecule has 0 heterocycles. The topological polar surface area (TPSA) is 44.8 Å². The Hall–Kier alpha value is -0.610. The van der Waals surface area contributed by atoms with Crippen LogP contribution >= 0.6 is 0 Å². The standard InChI is InChI=1S/C27H54O4/c1-3-5-7-9-11-13-14-16-18-22-29-25-26-30-23-20-21-27(28)31-24-19-17-15-12-10-8-6-4-2/h3-26H2,1-2H3. The van der Waals surface area contributed by atoms with Crippen molar-refractivity contribution in [1.29, 1.82) is 0 Å². The molecule has 0 aromatic heterocycles. The van der Waals surface area contributed by atoms with Crippen LogP contribution < -0.4 is 0 Å². The van der Waals surface area contributed by atoms with E-state index >= 15 is 0 Å². The minimum Gasteiger partial charge on any atom is -0.466 e. The molecule has 0 radical (unpaired) electrons. The third-order valence-electron chi connectivity index (χ3n) is 5.69. The summed E-state index contributed by atoms with van der Waals surface area (Å²) < 4.78 is 16.5. The highest BCUT2D eigenvalue weighted by Gasteiger charge is 2.02. The molecule has 0 saturated heterocycles. The van der Waals surface area contributed by atoms with Gasteiger partial charge < -0.3 is 14.2 Å².